The molecule has 0 saturated carbocycles. The molecule has 1 aromatic heterocycles. The lowest BCUT2D eigenvalue weighted by Crippen LogP contribution is -2.25. The van der Waals surface area contributed by atoms with Crippen LogP contribution in [0, 0.1) is 5.82 Å². The van der Waals surface area contributed by atoms with Gasteiger partial charge in [-0.3, -0.25) is 4.79 Å². The molecule has 0 aliphatic carbocycles. The van der Waals surface area contributed by atoms with Crippen molar-refractivity contribution in [3.63, 3.8) is 0 Å². The van der Waals surface area contributed by atoms with Crippen LogP contribution < -0.4 is 15.1 Å². The van der Waals surface area contributed by atoms with Crippen LogP contribution in [0.15, 0.2) is 71.7 Å². The van der Waals surface area contributed by atoms with Gasteiger partial charge in [0.25, 0.3) is 5.56 Å². The van der Waals surface area contributed by atoms with Gasteiger partial charge < -0.3 is 14.5 Å². The van der Waals surface area contributed by atoms with Gasteiger partial charge in [0.1, 0.15) is 24.8 Å². The number of hydrogen-bond acceptors (Lipinski definition) is 4. The maximum Gasteiger partial charge on any atom is 0.286 e. The van der Waals surface area contributed by atoms with Gasteiger partial charge in [-0.1, -0.05) is 36.4 Å². The number of halogens is 1. The molecule has 1 aliphatic heterocycles. The van der Waals surface area contributed by atoms with Crippen LogP contribution in [0.4, 0.5) is 4.39 Å². The van der Waals surface area contributed by atoms with Crippen LogP contribution >= 0.6 is 0 Å². The molecular weight excluding hydrogens is 395 g/mol. The summed E-state index contributed by atoms with van der Waals surface area (Å²) in [5.41, 5.74) is 2.84. The van der Waals surface area contributed by atoms with E-state index in [1.165, 1.54) is 54.4 Å². The summed E-state index contributed by atoms with van der Waals surface area (Å²) in [6.07, 6.45) is 5.24. The lowest BCUT2D eigenvalue weighted by Gasteiger charge is -2.14. The molecule has 4 rings (SSSR count). The minimum Gasteiger partial charge on any atom is -0.489 e. The highest BCUT2D eigenvalue weighted by molar-refractivity contribution is 5.23. The van der Waals surface area contributed by atoms with E-state index in [0.29, 0.717) is 12.4 Å². The van der Waals surface area contributed by atoms with Crippen molar-refractivity contribution in [2.75, 3.05) is 19.6 Å². The normalized spacial score (nSPS) is 14.0. The molecule has 0 spiro atoms. The van der Waals surface area contributed by atoms with E-state index in [1.807, 2.05) is 12.1 Å². The summed E-state index contributed by atoms with van der Waals surface area (Å²) in [6.45, 7) is 4.12. The SMILES string of the molecule is O=c1cc(OCc2ccc(F)cc2)ccn1OCc1ccc(CCN2CCCC2)cc1. The van der Waals surface area contributed by atoms with Gasteiger partial charge in [-0.15, -0.1) is 0 Å². The zero-order valence-electron chi connectivity index (χ0n) is 17.5. The third kappa shape index (κ3) is 6.18. The van der Waals surface area contributed by atoms with Crippen molar-refractivity contribution >= 4 is 0 Å². The Kier molecular flexibility index (Phi) is 6.99. The van der Waals surface area contributed by atoms with Crippen molar-refractivity contribution in [1.82, 2.24) is 9.63 Å². The standard InChI is InChI=1S/C25H27FN2O3/c26-23-9-7-21(8-10-23)18-30-24-12-16-28(25(29)17-24)31-19-22-5-3-20(4-6-22)11-15-27-13-1-2-14-27/h3-10,12,16-17H,1-2,11,13-15,18-19H2. The van der Waals surface area contributed by atoms with E-state index in [4.69, 9.17) is 9.57 Å². The van der Waals surface area contributed by atoms with Crippen molar-refractivity contribution in [2.24, 2.45) is 0 Å². The minimum absolute atomic E-state index is 0.259. The Morgan fingerprint density at radius 3 is 2.19 bits per heavy atom. The van der Waals surface area contributed by atoms with E-state index in [1.54, 1.807) is 24.4 Å². The Morgan fingerprint density at radius 1 is 0.839 bits per heavy atom. The number of likely N-dealkylation sites (tertiary alicyclic amines) is 1. The van der Waals surface area contributed by atoms with Crippen molar-refractivity contribution < 1.29 is 14.0 Å². The summed E-state index contributed by atoms with van der Waals surface area (Å²) in [4.78, 5) is 20.4. The van der Waals surface area contributed by atoms with Crippen molar-refractivity contribution in [3.05, 3.63) is 99.7 Å². The van der Waals surface area contributed by atoms with E-state index in [-0.39, 0.29) is 18.0 Å². The molecule has 0 amide bonds. The molecule has 1 aliphatic rings. The molecule has 1 fully saturated rings. The highest BCUT2D eigenvalue weighted by Gasteiger charge is 2.10. The number of aromatic nitrogens is 1. The van der Waals surface area contributed by atoms with E-state index < -0.39 is 0 Å². The lowest BCUT2D eigenvalue weighted by atomic mass is 10.1. The van der Waals surface area contributed by atoms with E-state index in [9.17, 15) is 9.18 Å². The maximum absolute atomic E-state index is 13.0. The van der Waals surface area contributed by atoms with Crippen LogP contribution in [0.2, 0.25) is 0 Å². The predicted molar refractivity (Wildman–Crippen MR) is 118 cm³/mol. The van der Waals surface area contributed by atoms with Crippen molar-refractivity contribution in [1.29, 1.82) is 0 Å². The second-order valence-corrected chi connectivity index (χ2v) is 7.83. The van der Waals surface area contributed by atoms with Crippen molar-refractivity contribution in [2.45, 2.75) is 32.5 Å². The number of hydrogen-bond donors (Lipinski definition) is 0. The van der Waals surface area contributed by atoms with E-state index in [0.717, 1.165) is 24.1 Å². The van der Waals surface area contributed by atoms with Crippen LogP contribution in [0.5, 0.6) is 5.75 Å². The van der Waals surface area contributed by atoms with E-state index >= 15 is 0 Å². The molecule has 0 atom stereocenters. The van der Waals surface area contributed by atoms with Crippen LogP contribution in [0.1, 0.15) is 29.5 Å². The largest absolute Gasteiger partial charge is 0.489 e. The van der Waals surface area contributed by atoms with E-state index in [2.05, 4.69) is 17.0 Å². The van der Waals surface area contributed by atoms with Crippen LogP contribution in [0.3, 0.4) is 0 Å². The Morgan fingerprint density at radius 2 is 1.48 bits per heavy atom. The molecule has 2 aromatic carbocycles. The fraction of sp³-hybridized carbons (Fsp3) is 0.320. The minimum atomic E-state index is -0.307. The molecule has 0 unspecified atom stereocenters. The first kappa shape index (κ1) is 21.1. The first-order valence-electron chi connectivity index (χ1n) is 10.7. The van der Waals surface area contributed by atoms with Crippen LogP contribution in [-0.2, 0) is 19.6 Å². The Labute approximate surface area is 181 Å². The average Bonchev–Trinajstić information content (AvgIpc) is 3.31. The molecule has 0 bridgehead atoms. The Hall–Kier alpha value is -3.12. The summed E-state index contributed by atoms with van der Waals surface area (Å²) in [6, 6.07) is 17.5. The predicted octanol–water partition coefficient (Wildman–Crippen LogP) is 3.83. The van der Waals surface area contributed by atoms with Gasteiger partial charge in [-0.05, 0) is 61.2 Å². The number of benzene rings is 2. The van der Waals surface area contributed by atoms with Gasteiger partial charge in [-0.2, -0.15) is 4.73 Å². The summed E-state index contributed by atoms with van der Waals surface area (Å²) in [5.74, 6) is 0.150. The first-order chi connectivity index (χ1) is 15.2. The van der Waals surface area contributed by atoms with Gasteiger partial charge in [0.2, 0.25) is 0 Å². The lowest BCUT2D eigenvalue weighted by molar-refractivity contribution is 0.0884. The average molecular weight is 423 g/mol. The molecule has 5 nitrogen and oxygen atoms in total. The number of ether oxygens (including phenoxy) is 1. The maximum atomic E-state index is 13.0. The van der Waals surface area contributed by atoms with Gasteiger partial charge in [0, 0.05) is 18.7 Å². The topological polar surface area (TPSA) is 43.7 Å². The number of pyridine rings is 1. The fourth-order valence-electron chi connectivity index (χ4n) is 3.63. The molecule has 0 radical (unpaired) electrons. The van der Waals surface area contributed by atoms with Gasteiger partial charge in [-0.25, -0.2) is 4.39 Å². The second-order valence-electron chi connectivity index (χ2n) is 7.83. The second kappa shape index (κ2) is 10.3. The summed E-state index contributed by atoms with van der Waals surface area (Å²) in [5, 5.41) is 0. The van der Waals surface area contributed by atoms with Gasteiger partial charge >= 0.3 is 0 Å². The summed E-state index contributed by atoms with van der Waals surface area (Å²) >= 11 is 0. The van der Waals surface area contributed by atoms with Crippen LogP contribution in [0.25, 0.3) is 0 Å². The monoisotopic (exact) mass is 422 g/mol. The zero-order chi connectivity index (χ0) is 21.5. The molecule has 162 valence electrons. The fourth-order valence-corrected chi connectivity index (χ4v) is 3.63. The van der Waals surface area contributed by atoms with Gasteiger partial charge in [0.05, 0.1) is 6.20 Å². The van der Waals surface area contributed by atoms with Crippen LogP contribution in [-0.4, -0.2) is 29.3 Å². The molecule has 2 heterocycles. The summed E-state index contributed by atoms with van der Waals surface area (Å²) in [7, 11) is 0. The smallest absolute Gasteiger partial charge is 0.286 e. The number of rotatable bonds is 9. The third-order valence-corrected chi connectivity index (χ3v) is 5.48. The third-order valence-electron chi connectivity index (χ3n) is 5.48. The Balaban J connectivity index is 1.26. The molecule has 3 aromatic rings. The van der Waals surface area contributed by atoms with Crippen molar-refractivity contribution in [3.8, 4) is 5.75 Å². The number of nitrogens with zero attached hydrogens (tertiary/aromatic N) is 2. The molecular formula is C25H27FN2O3. The highest BCUT2D eigenvalue weighted by atomic mass is 19.1. The molecule has 0 N–H and O–H groups in total. The summed E-state index contributed by atoms with van der Waals surface area (Å²) < 4.78 is 19.8. The zero-order valence-corrected chi connectivity index (χ0v) is 17.5. The van der Waals surface area contributed by atoms with Gasteiger partial charge in [0.15, 0.2) is 0 Å². The molecule has 6 heteroatoms. The quantitative estimate of drug-likeness (QED) is 0.526. The molecule has 31 heavy (non-hydrogen) atoms. The first-order valence-corrected chi connectivity index (χ1v) is 10.7. The molecule has 1 saturated heterocycles. The Bertz CT molecular complexity index is 1030. The highest BCUT2D eigenvalue weighted by Crippen LogP contribution is 2.12.